The normalized spacial score (nSPS) is 15.8. The van der Waals surface area contributed by atoms with Crippen LogP contribution in [0.3, 0.4) is 0 Å². The van der Waals surface area contributed by atoms with Gasteiger partial charge in [0, 0.05) is 0 Å². The second kappa shape index (κ2) is 4.84. The maximum absolute atomic E-state index is 12.5. The van der Waals surface area contributed by atoms with E-state index in [9.17, 15) is 13.2 Å². The highest BCUT2D eigenvalue weighted by atomic mass is 19.4. The topological polar surface area (TPSA) is 29.5 Å². The van der Waals surface area contributed by atoms with Crippen molar-refractivity contribution in [2.24, 2.45) is 0 Å². The van der Waals surface area contributed by atoms with Gasteiger partial charge in [0.15, 0.2) is 5.60 Å². The Hall–Kier alpha value is -1.07. The zero-order valence-electron chi connectivity index (χ0n) is 8.79. The van der Waals surface area contributed by atoms with E-state index in [1.165, 1.54) is 0 Å². The molecule has 0 spiro atoms. The summed E-state index contributed by atoms with van der Waals surface area (Å²) < 4.78 is 42.3. The van der Waals surface area contributed by atoms with Gasteiger partial charge < -0.3 is 9.84 Å². The Morgan fingerprint density at radius 2 is 1.75 bits per heavy atom. The van der Waals surface area contributed by atoms with E-state index in [1.807, 2.05) is 0 Å². The first kappa shape index (κ1) is 13.0. The third-order valence-electron chi connectivity index (χ3n) is 2.30. The fourth-order valence-corrected chi connectivity index (χ4v) is 1.03. The first-order chi connectivity index (χ1) is 7.39. The fourth-order valence-electron chi connectivity index (χ4n) is 1.03. The number of aliphatic hydroxyl groups excluding tert-OH is 1. The standard InChI is InChI=1S/C11H13F3O2/c1-10(8-15,11(12,13)14)16-7-9-5-3-2-4-6-9/h2-6,15H,7-8H2,1H3/t10-/m1/s1. The molecule has 5 heteroatoms. The Kier molecular flexibility index (Phi) is 3.93. The van der Waals surface area contributed by atoms with E-state index < -0.39 is 18.4 Å². The minimum atomic E-state index is -4.59. The van der Waals surface area contributed by atoms with Crippen LogP contribution in [0.5, 0.6) is 0 Å². The van der Waals surface area contributed by atoms with Crippen molar-refractivity contribution in [3.05, 3.63) is 35.9 Å². The van der Waals surface area contributed by atoms with Crippen molar-refractivity contribution in [3.63, 3.8) is 0 Å². The van der Waals surface area contributed by atoms with Gasteiger partial charge in [-0.1, -0.05) is 30.3 Å². The van der Waals surface area contributed by atoms with Crippen molar-refractivity contribution < 1.29 is 23.0 Å². The smallest absolute Gasteiger partial charge is 0.393 e. The molecule has 1 rings (SSSR count). The minimum Gasteiger partial charge on any atom is -0.393 e. The molecule has 0 aliphatic rings. The van der Waals surface area contributed by atoms with Crippen LogP contribution in [0.2, 0.25) is 0 Å². The molecule has 1 atom stereocenters. The fraction of sp³-hybridized carbons (Fsp3) is 0.455. The Labute approximate surface area is 91.7 Å². The summed E-state index contributed by atoms with van der Waals surface area (Å²) in [5, 5.41) is 8.75. The van der Waals surface area contributed by atoms with E-state index in [1.54, 1.807) is 30.3 Å². The van der Waals surface area contributed by atoms with Crippen LogP contribution in [-0.2, 0) is 11.3 Å². The Morgan fingerprint density at radius 3 is 2.19 bits per heavy atom. The van der Waals surface area contributed by atoms with Gasteiger partial charge in [-0.25, -0.2) is 0 Å². The lowest BCUT2D eigenvalue weighted by Gasteiger charge is -2.30. The van der Waals surface area contributed by atoms with Crippen molar-refractivity contribution in [1.82, 2.24) is 0 Å². The molecule has 0 saturated carbocycles. The van der Waals surface area contributed by atoms with Crippen LogP contribution < -0.4 is 0 Å². The van der Waals surface area contributed by atoms with E-state index in [-0.39, 0.29) is 6.61 Å². The van der Waals surface area contributed by atoms with E-state index in [0.29, 0.717) is 5.56 Å². The zero-order valence-corrected chi connectivity index (χ0v) is 8.79. The van der Waals surface area contributed by atoms with Gasteiger partial charge in [0.05, 0.1) is 13.2 Å². The van der Waals surface area contributed by atoms with Crippen LogP contribution in [-0.4, -0.2) is 23.5 Å². The lowest BCUT2D eigenvalue weighted by atomic mass is 10.1. The predicted octanol–water partition coefficient (Wildman–Crippen LogP) is 2.52. The van der Waals surface area contributed by atoms with Gasteiger partial charge in [-0.2, -0.15) is 13.2 Å². The summed E-state index contributed by atoms with van der Waals surface area (Å²) in [6.07, 6.45) is -4.59. The summed E-state index contributed by atoms with van der Waals surface area (Å²) in [5.41, 5.74) is -1.88. The Balaban J connectivity index is 2.66. The highest BCUT2D eigenvalue weighted by molar-refractivity contribution is 5.13. The first-order valence-corrected chi connectivity index (χ1v) is 4.74. The van der Waals surface area contributed by atoms with Crippen molar-refractivity contribution >= 4 is 0 Å². The molecule has 2 nitrogen and oxygen atoms in total. The van der Waals surface area contributed by atoms with Crippen LogP contribution in [0.15, 0.2) is 30.3 Å². The monoisotopic (exact) mass is 234 g/mol. The molecule has 0 heterocycles. The lowest BCUT2D eigenvalue weighted by Crippen LogP contribution is -2.47. The van der Waals surface area contributed by atoms with Gasteiger partial charge in [-0.15, -0.1) is 0 Å². The lowest BCUT2D eigenvalue weighted by molar-refractivity contribution is -0.284. The van der Waals surface area contributed by atoms with Crippen LogP contribution in [0.25, 0.3) is 0 Å². The third kappa shape index (κ3) is 2.96. The average molecular weight is 234 g/mol. The summed E-state index contributed by atoms with van der Waals surface area (Å²) in [4.78, 5) is 0. The molecule has 0 aromatic heterocycles. The number of hydrogen-bond donors (Lipinski definition) is 1. The first-order valence-electron chi connectivity index (χ1n) is 4.74. The third-order valence-corrected chi connectivity index (χ3v) is 2.30. The van der Waals surface area contributed by atoms with E-state index in [4.69, 9.17) is 9.84 Å². The van der Waals surface area contributed by atoms with Crippen LogP contribution in [0.1, 0.15) is 12.5 Å². The molecular formula is C11H13F3O2. The molecule has 0 saturated heterocycles. The number of aliphatic hydroxyl groups is 1. The number of ether oxygens (including phenoxy) is 1. The summed E-state index contributed by atoms with van der Waals surface area (Å²) >= 11 is 0. The van der Waals surface area contributed by atoms with Gasteiger partial charge in [0.1, 0.15) is 0 Å². The predicted molar refractivity (Wildman–Crippen MR) is 52.8 cm³/mol. The van der Waals surface area contributed by atoms with Gasteiger partial charge in [-0.3, -0.25) is 0 Å². The number of hydrogen-bond acceptors (Lipinski definition) is 2. The van der Waals surface area contributed by atoms with E-state index in [2.05, 4.69) is 0 Å². The Morgan fingerprint density at radius 1 is 1.19 bits per heavy atom. The van der Waals surface area contributed by atoms with E-state index >= 15 is 0 Å². The molecule has 0 unspecified atom stereocenters. The van der Waals surface area contributed by atoms with Crippen molar-refractivity contribution in [1.29, 1.82) is 0 Å². The molecule has 0 amide bonds. The molecule has 0 radical (unpaired) electrons. The van der Waals surface area contributed by atoms with Crippen LogP contribution in [0.4, 0.5) is 13.2 Å². The second-order valence-corrected chi connectivity index (χ2v) is 3.66. The van der Waals surface area contributed by atoms with Crippen LogP contribution >= 0.6 is 0 Å². The number of halogens is 3. The molecule has 0 bridgehead atoms. The van der Waals surface area contributed by atoms with Gasteiger partial charge in [0.25, 0.3) is 0 Å². The number of alkyl halides is 3. The average Bonchev–Trinajstić information content (AvgIpc) is 2.26. The van der Waals surface area contributed by atoms with Gasteiger partial charge >= 0.3 is 6.18 Å². The molecule has 0 aliphatic carbocycles. The van der Waals surface area contributed by atoms with E-state index in [0.717, 1.165) is 6.92 Å². The molecule has 16 heavy (non-hydrogen) atoms. The maximum Gasteiger partial charge on any atom is 0.419 e. The van der Waals surface area contributed by atoms with Crippen molar-refractivity contribution in [2.45, 2.75) is 25.3 Å². The highest BCUT2D eigenvalue weighted by Gasteiger charge is 2.52. The summed E-state index contributed by atoms with van der Waals surface area (Å²) in [6.45, 7) is -0.448. The van der Waals surface area contributed by atoms with Gasteiger partial charge in [0.2, 0.25) is 0 Å². The summed E-state index contributed by atoms with van der Waals surface area (Å²) in [7, 11) is 0. The molecule has 1 N–H and O–H groups in total. The molecule has 90 valence electrons. The largest absolute Gasteiger partial charge is 0.419 e. The Bertz CT molecular complexity index is 324. The number of benzene rings is 1. The summed E-state index contributed by atoms with van der Waals surface area (Å²) in [6, 6.07) is 8.51. The number of rotatable bonds is 4. The molecule has 1 aromatic rings. The highest BCUT2D eigenvalue weighted by Crippen LogP contribution is 2.33. The van der Waals surface area contributed by atoms with Gasteiger partial charge in [-0.05, 0) is 12.5 Å². The minimum absolute atomic E-state index is 0.183. The summed E-state index contributed by atoms with van der Waals surface area (Å²) in [5.74, 6) is 0. The molecule has 0 fully saturated rings. The SMILES string of the molecule is C[C@](CO)(OCc1ccccc1)C(F)(F)F. The van der Waals surface area contributed by atoms with Crippen molar-refractivity contribution in [3.8, 4) is 0 Å². The molecule has 0 aliphatic heterocycles. The zero-order chi connectivity index (χ0) is 12.2. The maximum atomic E-state index is 12.5. The van der Waals surface area contributed by atoms with Crippen molar-refractivity contribution in [2.75, 3.05) is 6.61 Å². The molecule has 1 aromatic carbocycles. The second-order valence-electron chi connectivity index (χ2n) is 3.66. The quantitative estimate of drug-likeness (QED) is 0.867. The van der Waals surface area contributed by atoms with Crippen LogP contribution in [0, 0.1) is 0 Å². The molecular weight excluding hydrogens is 221 g/mol.